The van der Waals surface area contributed by atoms with Crippen molar-refractivity contribution < 1.29 is 8.78 Å². The van der Waals surface area contributed by atoms with Crippen LogP contribution >= 0.6 is 27.5 Å². The molecule has 0 spiro atoms. The van der Waals surface area contributed by atoms with Crippen LogP contribution in [0.5, 0.6) is 0 Å². The summed E-state index contributed by atoms with van der Waals surface area (Å²) < 4.78 is 26.8. The Hall–Kier alpha value is -0.930. The molecule has 4 heteroatoms. The van der Waals surface area contributed by atoms with E-state index in [9.17, 15) is 8.78 Å². The lowest BCUT2D eigenvalue weighted by atomic mass is 10.0. The Kier molecular flexibility index (Phi) is 4.58. The Morgan fingerprint density at radius 1 is 1.21 bits per heavy atom. The van der Waals surface area contributed by atoms with Gasteiger partial charge in [-0.1, -0.05) is 51.8 Å². The highest BCUT2D eigenvalue weighted by Gasteiger charge is 2.16. The number of alkyl halides is 1. The molecule has 2 aromatic rings. The van der Waals surface area contributed by atoms with Crippen LogP contribution in [0.15, 0.2) is 36.4 Å². The molecule has 0 nitrogen and oxygen atoms in total. The van der Waals surface area contributed by atoms with Crippen molar-refractivity contribution in [3.05, 3.63) is 69.7 Å². The first-order chi connectivity index (χ1) is 8.99. The van der Waals surface area contributed by atoms with E-state index in [0.29, 0.717) is 17.0 Å². The van der Waals surface area contributed by atoms with E-state index in [1.807, 2.05) is 25.1 Å². The Bertz CT molecular complexity index is 599. The van der Waals surface area contributed by atoms with E-state index in [4.69, 9.17) is 11.6 Å². The van der Waals surface area contributed by atoms with Crippen molar-refractivity contribution in [2.45, 2.75) is 18.2 Å². The van der Waals surface area contributed by atoms with Gasteiger partial charge in [0.15, 0.2) is 11.6 Å². The van der Waals surface area contributed by atoms with Gasteiger partial charge in [-0.3, -0.25) is 0 Å². The predicted molar refractivity (Wildman–Crippen MR) is 77.9 cm³/mol. The SMILES string of the molecule is Cc1ccc(C(Br)Cc2cccc(F)c2F)c(Cl)c1. The van der Waals surface area contributed by atoms with Gasteiger partial charge in [-0.25, -0.2) is 8.78 Å². The van der Waals surface area contributed by atoms with E-state index in [1.165, 1.54) is 6.07 Å². The number of halogens is 4. The molecule has 0 amide bonds. The predicted octanol–water partition coefficient (Wildman–Crippen LogP) is 5.61. The third kappa shape index (κ3) is 3.34. The minimum absolute atomic E-state index is 0.156. The van der Waals surface area contributed by atoms with Gasteiger partial charge in [0.05, 0.1) is 0 Å². The van der Waals surface area contributed by atoms with Crippen LogP contribution in [-0.4, -0.2) is 0 Å². The first-order valence-electron chi connectivity index (χ1n) is 5.82. The molecule has 0 aliphatic heterocycles. The first-order valence-corrected chi connectivity index (χ1v) is 7.11. The Morgan fingerprint density at radius 2 is 1.95 bits per heavy atom. The summed E-state index contributed by atoms with van der Waals surface area (Å²) in [6, 6.07) is 9.89. The summed E-state index contributed by atoms with van der Waals surface area (Å²) in [5.41, 5.74) is 2.26. The van der Waals surface area contributed by atoms with Crippen molar-refractivity contribution in [1.29, 1.82) is 0 Å². The van der Waals surface area contributed by atoms with E-state index in [1.54, 1.807) is 6.07 Å². The van der Waals surface area contributed by atoms with E-state index < -0.39 is 11.6 Å². The van der Waals surface area contributed by atoms with E-state index >= 15 is 0 Å². The lowest BCUT2D eigenvalue weighted by Gasteiger charge is -2.13. The van der Waals surface area contributed by atoms with Crippen molar-refractivity contribution in [1.82, 2.24) is 0 Å². The molecule has 100 valence electrons. The highest BCUT2D eigenvalue weighted by molar-refractivity contribution is 9.09. The molecule has 0 bridgehead atoms. The fourth-order valence-corrected chi connectivity index (χ4v) is 3.14. The summed E-state index contributed by atoms with van der Waals surface area (Å²) in [6.45, 7) is 1.95. The number of rotatable bonds is 3. The average molecular weight is 346 g/mol. The van der Waals surface area contributed by atoms with Gasteiger partial charge in [-0.15, -0.1) is 0 Å². The first kappa shape index (κ1) is 14.5. The molecule has 0 N–H and O–H groups in total. The molecule has 0 aliphatic rings. The molecule has 2 rings (SSSR count). The van der Waals surface area contributed by atoms with Gasteiger partial charge in [0.1, 0.15) is 0 Å². The second-order valence-corrected chi connectivity index (χ2v) is 5.92. The summed E-state index contributed by atoms with van der Waals surface area (Å²) in [7, 11) is 0. The largest absolute Gasteiger partial charge is 0.204 e. The fraction of sp³-hybridized carbons (Fsp3) is 0.200. The Morgan fingerprint density at radius 3 is 2.63 bits per heavy atom. The van der Waals surface area contributed by atoms with Gasteiger partial charge >= 0.3 is 0 Å². The summed E-state index contributed by atoms with van der Waals surface area (Å²) in [5, 5.41) is 0.624. The third-order valence-corrected chi connectivity index (χ3v) is 4.07. The molecule has 2 aromatic carbocycles. The molecule has 0 saturated carbocycles. The zero-order valence-corrected chi connectivity index (χ0v) is 12.6. The lowest BCUT2D eigenvalue weighted by molar-refractivity contribution is 0.498. The van der Waals surface area contributed by atoms with Crippen molar-refractivity contribution in [2.75, 3.05) is 0 Å². The highest BCUT2D eigenvalue weighted by Crippen LogP contribution is 2.33. The molecule has 19 heavy (non-hydrogen) atoms. The molecule has 1 atom stereocenters. The Balaban J connectivity index is 2.25. The summed E-state index contributed by atoms with van der Waals surface area (Å²) in [6.07, 6.45) is 0.340. The molecular weight excluding hydrogens is 334 g/mol. The second kappa shape index (κ2) is 6.02. The van der Waals surface area contributed by atoms with Gasteiger partial charge in [-0.05, 0) is 42.2 Å². The van der Waals surface area contributed by atoms with Crippen LogP contribution in [0, 0.1) is 18.6 Å². The van der Waals surface area contributed by atoms with Crippen LogP contribution in [0.3, 0.4) is 0 Å². The average Bonchev–Trinajstić information content (AvgIpc) is 2.34. The summed E-state index contributed by atoms with van der Waals surface area (Å²) in [4.78, 5) is -0.156. The molecule has 0 heterocycles. The highest BCUT2D eigenvalue weighted by atomic mass is 79.9. The maximum absolute atomic E-state index is 13.6. The topological polar surface area (TPSA) is 0 Å². The maximum atomic E-state index is 13.6. The number of hydrogen-bond acceptors (Lipinski definition) is 0. The zero-order valence-electron chi connectivity index (χ0n) is 10.3. The minimum Gasteiger partial charge on any atom is -0.204 e. The normalized spacial score (nSPS) is 12.5. The summed E-state index contributed by atoms with van der Waals surface area (Å²) >= 11 is 9.65. The number of benzene rings is 2. The molecular formula is C15H12BrClF2. The van der Waals surface area contributed by atoms with E-state index in [0.717, 1.165) is 17.2 Å². The Labute approximate surface area is 124 Å². The molecule has 0 radical (unpaired) electrons. The fourth-order valence-electron chi connectivity index (χ4n) is 1.90. The van der Waals surface area contributed by atoms with Crippen LogP contribution in [0.1, 0.15) is 21.5 Å². The number of hydrogen-bond donors (Lipinski definition) is 0. The van der Waals surface area contributed by atoms with Crippen molar-refractivity contribution in [3.8, 4) is 0 Å². The zero-order chi connectivity index (χ0) is 14.0. The van der Waals surface area contributed by atoms with Crippen LogP contribution in [-0.2, 0) is 6.42 Å². The minimum atomic E-state index is -0.827. The van der Waals surface area contributed by atoms with Crippen molar-refractivity contribution >= 4 is 27.5 Å². The van der Waals surface area contributed by atoms with E-state index in [2.05, 4.69) is 15.9 Å². The second-order valence-electron chi connectivity index (χ2n) is 4.41. The summed E-state index contributed by atoms with van der Waals surface area (Å²) in [5.74, 6) is -1.62. The van der Waals surface area contributed by atoms with Crippen molar-refractivity contribution in [3.63, 3.8) is 0 Å². The standard InChI is InChI=1S/C15H12BrClF2/c1-9-5-6-11(13(17)7-9)12(16)8-10-3-2-4-14(18)15(10)19/h2-7,12H,8H2,1H3. The lowest BCUT2D eigenvalue weighted by Crippen LogP contribution is -2.00. The maximum Gasteiger partial charge on any atom is 0.162 e. The van der Waals surface area contributed by atoms with Gasteiger partial charge in [0.25, 0.3) is 0 Å². The van der Waals surface area contributed by atoms with Gasteiger partial charge < -0.3 is 0 Å². The molecule has 0 aliphatic carbocycles. The monoisotopic (exact) mass is 344 g/mol. The van der Waals surface area contributed by atoms with Crippen LogP contribution in [0.2, 0.25) is 5.02 Å². The molecule has 0 saturated heterocycles. The quantitative estimate of drug-likeness (QED) is 0.635. The molecule has 0 fully saturated rings. The molecule has 0 aromatic heterocycles. The smallest absolute Gasteiger partial charge is 0.162 e. The van der Waals surface area contributed by atoms with Gasteiger partial charge in [0, 0.05) is 9.85 Å². The van der Waals surface area contributed by atoms with Crippen LogP contribution < -0.4 is 0 Å². The van der Waals surface area contributed by atoms with Crippen molar-refractivity contribution in [2.24, 2.45) is 0 Å². The van der Waals surface area contributed by atoms with E-state index in [-0.39, 0.29) is 4.83 Å². The van der Waals surface area contributed by atoms with Gasteiger partial charge in [0.2, 0.25) is 0 Å². The van der Waals surface area contributed by atoms with Crippen LogP contribution in [0.25, 0.3) is 0 Å². The van der Waals surface area contributed by atoms with Crippen LogP contribution in [0.4, 0.5) is 8.78 Å². The van der Waals surface area contributed by atoms with Gasteiger partial charge in [-0.2, -0.15) is 0 Å². The number of aryl methyl sites for hydroxylation is 1. The third-order valence-electron chi connectivity index (χ3n) is 2.92. The molecule has 1 unspecified atom stereocenters.